The highest BCUT2D eigenvalue weighted by atomic mass is 19.1. The van der Waals surface area contributed by atoms with Gasteiger partial charge in [-0.05, 0) is 91.4 Å². The Bertz CT molecular complexity index is 1140. The zero-order valence-corrected chi connectivity index (χ0v) is 21.7. The van der Waals surface area contributed by atoms with Crippen molar-refractivity contribution in [2.24, 2.45) is 0 Å². The number of nitrogens with one attached hydrogen (secondary N) is 1. The zero-order valence-electron chi connectivity index (χ0n) is 21.7. The number of likely N-dealkylation sites (N-methyl/N-ethyl adjacent to an activating group) is 1. The predicted octanol–water partition coefficient (Wildman–Crippen LogP) is 6.17. The molecule has 0 aliphatic heterocycles. The lowest BCUT2D eigenvalue weighted by molar-refractivity contribution is -0.143. The first-order chi connectivity index (χ1) is 17.4. The van der Waals surface area contributed by atoms with Crippen LogP contribution in [0.2, 0.25) is 0 Å². The van der Waals surface area contributed by atoms with Crippen molar-refractivity contribution in [3.05, 3.63) is 82.7 Å². The van der Waals surface area contributed by atoms with E-state index in [1.165, 1.54) is 11.6 Å². The van der Waals surface area contributed by atoms with E-state index in [9.17, 15) is 9.18 Å². The molecular weight excluding hydrogens is 457 g/mol. The molecule has 0 heterocycles. The number of carbonyl (C=O) groups is 1. The maximum absolute atomic E-state index is 14.5. The highest BCUT2D eigenvalue weighted by molar-refractivity contribution is 5.72. The molecule has 0 unspecified atom stereocenters. The van der Waals surface area contributed by atoms with E-state index >= 15 is 0 Å². The lowest BCUT2D eigenvalue weighted by atomic mass is 9.94. The fraction of sp³-hybridized carbons (Fsp3) is 0.367. The summed E-state index contributed by atoms with van der Waals surface area (Å²) in [6.07, 6.45) is 0.449. The second-order valence-corrected chi connectivity index (χ2v) is 8.68. The van der Waals surface area contributed by atoms with Gasteiger partial charge in [-0.25, -0.2) is 4.39 Å². The molecule has 0 aliphatic carbocycles. The van der Waals surface area contributed by atoms with Gasteiger partial charge in [0.2, 0.25) is 0 Å². The van der Waals surface area contributed by atoms with Crippen LogP contribution in [0.4, 0.5) is 4.39 Å². The number of halogens is 1. The molecule has 0 amide bonds. The van der Waals surface area contributed by atoms with Gasteiger partial charge in [0.1, 0.15) is 30.5 Å². The van der Waals surface area contributed by atoms with Crippen LogP contribution in [0.3, 0.4) is 0 Å². The molecule has 0 aromatic heterocycles. The molecule has 1 N–H and O–H groups in total. The van der Waals surface area contributed by atoms with Gasteiger partial charge < -0.3 is 19.5 Å². The van der Waals surface area contributed by atoms with E-state index in [1.807, 2.05) is 12.1 Å². The zero-order chi connectivity index (χ0) is 25.9. The third-order valence-corrected chi connectivity index (χ3v) is 5.85. The summed E-state index contributed by atoms with van der Waals surface area (Å²) in [5, 5.41) is 3.26. The highest BCUT2D eigenvalue weighted by Crippen LogP contribution is 2.32. The van der Waals surface area contributed by atoms with Crippen molar-refractivity contribution < 1.29 is 23.4 Å². The number of hydrogen-bond donors (Lipinski definition) is 1. The molecule has 0 radical (unpaired) electrons. The Kier molecular flexibility index (Phi) is 10.3. The summed E-state index contributed by atoms with van der Waals surface area (Å²) in [6.45, 7) is 11.0. The summed E-state index contributed by atoms with van der Waals surface area (Å²) in [5.41, 5.74) is 6.03. The average molecular weight is 494 g/mol. The van der Waals surface area contributed by atoms with Crippen LogP contribution in [-0.2, 0) is 22.6 Å². The van der Waals surface area contributed by atoms with E-state index in [4.69, 9.17) is 14.2 Å². The Morgan fingerprint density at radius 1 is 0.944 bits per heavy atom. The number of hydrogen-bond acceptors (Lipinski definition) is 5. The van der Waals surface area contributed by atoms with E-state index in [0.29, 0.717) is 37.6 Å². The van der Waals surface area contributed by atoms with Crippen LogP contribution in [-0.4, -0.2) is 32.3 Å². The lowest BCUT2D eigenvalue weighted by Gasteiger charge is -2.15. The van der Waals surface area contributed by atoms with Gasteiger partial charge >= 0.3 is 5.97 Å². The summed E-state index contributed by atoms with van der Waals surface area (Å²) in [6, 6.07) is 17.1. The molecule has 0 atom stereocenters. The van der Waals surface area contributed by atoms with Crippen molar-refractivity contribution in [3.8, 4) is 22.6 Å². The van der Waals surface area contributed by atoms with Crippen LogP contribution in [0.25, 0.3) is 11.1 Å². The quantitative estimate of drug-likeness (QED) is 0.228. The van der Waals surface area contributed by atoms with E-state index in [-0.39, 0.29) is 18.2 Å². The Morgan fingerprint density at radius 3 is 2.42 bits per heavy atom. The molecule has 192 valence electrons. The summed E-state index contributed by atoms with van der Waals surface area (Å²) in [4.78, 5) is 11.5. The van der Waals surface area contributed by atoms with Crippen molar-refractivity contribution in [3.63, 3.8) is 0 Å². The van der Waals surface area contributed by atoms with Gasteiger partial charge in [-0.1, -0.05) is 31.2 Å². The number of aryl methyl sites for hydroxylation is 3. The molecule has 0 spiro atoms. The number of rotatable bonds is 13. The summed E-state index contributed by atoms with van der Waals surface area (Å²) in [5.74, 6) is 0.613. The predicted molar refractivity (Wildman–Crippen MR) is 141 cm³/mol. The number of carbonyl (C=O) groups excluding carboxylic acids is 1. The molecule has 3 aromatic rings. The molecule has 36 heavy (non-hydrogen) atoms. The van der Waals surface area contributed by atoms with Crippen LogP contribution in [0.1, 0.15) is 42.5 Å². The molecule has 3 aromatic carbocycles. The second kappa shape index (κ2) is 13.6. The van der Waals surface area contributed by atoms with Crippen LogP contribution in [0.5, 0.6) is 11.5 Å². The van der Waals surface area contributed by atoms with Crippen molar-refractivity contribution in [1.29, 1.82) is 0 Å². The molecular formula is C30H36FNO4. The number of benzene rings is 3. The molecule has 0 bridgehead atoms. The van der Waals surface area contributed by atoms with E-state index < -0.39 is 0 Å². The largest absolute Gasteiger partial charge is 0.492 e. The Morgan fingerprint density at radius 2 is 1.72 bits per heavy atom. The van der Waals surface area contributed by atoms with Crippen LogP contribution >= 0.6 is 0 Å². The second-order valence-electron chi connectivity index (χ2n) is 8.68. The molecule has 0 fully saturated rings. The third kappa shape index (κ3) is 7.82. The van der Waals surface area contributed by atoms with Crippen molar-refractivity contribution in [2.75, 3.05) is 26.3 Å². The van der Waals surface area contributed by atoms with E-state index in [0.717, 1.165) is 41.1 Å². The molecule has 0 aliphatic rings. The smallest absolute Gasteiger partial charge is 0.306 e. The highest BCUT2D eigenvalue weighted by Gasteiger charge is 2.11. The van der Waals surface area contributed by atoms with Crippen LogP contribution in [0, 0.1) is 19.7 Å². The normalized spacial score (nSPS) is 10.8. The first-order valence-corrected chi connectivity index (χ1v) is 12.5. The minimum absolute atomic E-state index is 0.153. The topological polar surface area (TPSA) is 56.8 Å². The standard InChI is InChI=1S/C30H36FNO4/c1-5-32-14-15-35-27-16-21(3)30(22(4)17-27)25-9-7-8-23(18-25)20-36-26-12-10-24(28(31)19-26)11-13-29(33)34-6-2/h7-10,12,16-19,32H,5-6,11,13-15,20H2,1-4H3. The van der Waals surface area contributed by atoms with Gasteiger partial charge in [-0.15, -0.1) is 0 Å². The van der Waals surface area contributed by atoms with Gasteiger partial charge in [-0.3, -0.25) is 4.79 Å². The molecule has 3 rings (SSSR count). The van der Waals surface area contributed by atoms with E-state index in [2.05, 4.69) is 50.4 Å². The fourth-order valence-corrected chi connectivity index (χ4v) is 4.15. The summed E-state index contributed by atoms with van der Waals surface area (Å²) in [7, 11) is 0. The molecule has 6 heteroatoms. The maximum atomic E-state index is 14.5. The van der Waals surface area contributed by atoms with Gasteiger partial charge in [0.25, 0.3) is 0 Å². The fourth-order valence-electron chi connectivity index (χ4n) is 4.15. The summed E-state index contributed by atoms with van der Waals surface area (Å²) < 4.78 is 31.2. The minimum Gasteiger partial charge on any atom is -0.492 e. The lowest BCUT2D eigenvalue weighted by Crippen LogP contribution is -2.20. The molecule has 5 nitrogen and oxygen atoms in total. The maximum Gasteiger partial charge on any atom is 0.306 e. The van der Waals surface area contributed by atoms with Crippen LogP contribution in [0.15, 0.2) is 54.6 Å². The molecule has 0 saturated heterocycles. The van der Waals surface area contributed by atoms with Gasteiger partial charge in [-0.2, -0.15) is 0 Å². The van der Waals surface area contributed by atoms with Gasteiger partial charge in [0.05, 0.1) is 6.61 Å². The van der Waals surface area contributed by atoms with Crippen molar-refractivity contribution >= 4 is 5.97 Å². The van der Waals surface area contributed by atoms with Crippen LogP contribution < -0.4 is 14.8 Å². The Hall–Kier alpha value is -3.38. The Labute approximate surface area is 213 Å². The van der Waals surface area contributed by atoms with Crippen molar-refractivity contribution in [1.82, 2.24) is 5.32 Å². The Balaban J connectivity index is 1.64. The first-order valence-electron chi connectivity index (χ1n) is 12.5. The monoisotopic (exact) mass is 493 g/mol. The first kappa shape index (κ1) is 27.2. The van der Waals surface area contributed by atoms with Gasteiger partial charge in [0, 0.05) is 19.0 Å². The van der Waals surface area contributed by atoms with E-state index in [1.54, 1.807) is 19.1 Å². The van der Waals surface area contributed by atoms with Crippen molar-refractivity contribution in [2.45, 2.75) is 47.1 Å². The summed E-state index contributed by atoms with van der Waals surface area (Å²) >= 11 is 0. The minimum atomic E-state index is -0.385. The number of ether oxygens (including phenoxy) is 3. The molecule has 0 saturated carbocycles. The SMILES string of the molecule is CCNCCOc1cc(C)c(-c2cccc(COc3ccc(CCC(=O)OCC)c(F)c3)c2)c(C)c1. The number of esters is 1. The van der Waals surface area contributed by atoms with Gasteiger partial charge in [0.15, 0.2) is 0 Å². The third-order valence-electron chi connectivity index (χ3n) is 5.85. The average Bonchev–Trinajstić information content (AvgIpc) is 2.85.